The summed E-state index contributed by atoms with van der Waals surface area (Å²) < 4.78 is 11.3. The molecule has 0 aliphatic carbocycles. The molecule has 5 nitrogen and oxygen atoms in total. The number of carbonyl (C=O) groups is 1. The van der Waals surface area contributed by atoms with E-state index >= 15 is 0 Å². The van der Waals surface area contributed by atoms with Crippen LogP contribution in [0.5, 0.6) is 11.5 Å². The van der Waals surface area contributed by atoms with Gasteiger partial charge in [-0.25, -0.2) is 0 Å². The van der Waals surface area contributed by atoms with Gasteiger partial charge in [0, 0.05) is 23.7 Å². The van der Waals surface area contributed by atoms with Crippen molar-refractivity contribution in [1.29, 1.82) is 0 Å². The zero-order chi connectivity index (χ0) is 19.3. The molecule has 1 aromatic carbocycles. The molecular weight excluding hydrogens is 348 g/mol. The van der Waals surface area contributed by atoms with E-state index in [2.05, 4.69) is 4.99 Å². The predicted molar refractivity (Wildman–Crippen MR) is 109 cm³/mol. The van der Waals surface area contributed by atoms with Gasteiger partial charge in [0.2, 0.25) is 0 Å². The normalized spacial score (nSPS) is 17.8. The molecule has 2 rings (SSSR count). The van der Waals surface area contributed by atoms with Gasteiger partial charge in [-0.3, -0.25) is 14.7 Å². The van der Waals surface area contributed by atoms with Crippen molar-refractivity contribution in [1.82, 2.24) is 4.90 Å². The number of hydrogen-bond donors (Lipinski definition) is 0. The van der Waals surface area contributed by atoms with E-state index in [1.54, 1.807) is 4.90 Å². The molecular formula is C20H28N2O3S. The Morgan fingerprint density at radius 1 is 1.15 bits per heavy atom. The van der Waals surface area contributed by atoms with Crippen LogP contribution in [0.25, 0.3) is 6.08 Å². The molecule has 142 valence electrons. The molecule has 1 aliphatic rings. The van der Waals surface area contributed by atoms with E-state index in [-0.39, 0.29) is 18.0 Å². The van der Waals surface area contributed by atoms with Crippen LogP contribution >= 0.6 is 11.8 Å². The minimum Gasteiger partial charge on any atom is -0.494 e. The second kappa shape index (κ2) is 9.12. The van der Waals surface area contributed by atoms with E-state index in [9.17, 15) is 4.79 Å². The molecule has 0 bridgehead atoms. The van der Waals surface area contributed by atoms with E-state index in [0.29, 0.717) is 23.9 Å². The summed E-state index contributed by atoms with van der Waals surface area (Å²) >= 11 is 1.42. The van der Waals surface area contributed by atoms with Gasteiger partial charge >= 0.3 is 0 Å². The molecule has 1 saturated heterocycles. The van der Waals surface area contributed by atoms with Gasteiger partial charge in [-0.15, -0.1) is 0 Å². The number of amides is 1. The summed E-state index contributed by atoms with van der Waals surface area (Å²) in [7, 11) is 0. The number of hydrogen-bond acceptors (Lipinski definition) is 5. The second-order valence-corrected chi connectivity index (χ2v) is 7.46. The Balaban J connectivity index is 2.41. The number of thioether (sulfide) groups is 1. The summed E-state index contributed by atoms with van der Waals surface area (Å²) in [4.78, 5) is 19.9. The van der Waals surface area contributed by atoms with Crippen molar-refractivity contribution in [3.63, 3.8) is 0 Å². The molecule has 1 amide bonds. The Morgan fingerprint density at radius 3 is 2.42 bits per heavy atom. The third-order valence-electron chi connectivity index (χ3n) is 3.60. The maximum absolute atomic E-state index is 12.9. The average molecular weight is 377 g/mol. The minimum atomic E-state index is -0.0132. The Kier molecular flexibility index (Phi) is 7.14. The van der Waals surface area contributed by atoms with Crippen molar-refractivity contribution in [3.8, 4) is 11.5 Å². The van der Waals surface area contributed by atoms with Crippen LogP contribution in [0.15, 0.2) is 28.1 Å². The van der Waals surface area contributed by atoms with E-state index in [4.69, 9.17) is 9.47 Å². The highest BCUT2D eigenvalue weighted by Gasteiger charge is 2.35. The smallest absolute Gasteiger partial charge is 0.266 e. The molecule has 1 fully saturated rings. The third-order valence-corrected chi connectivity index (χ3v) is 4.60. The zero-order valence-electron chi connectivity index (χ0n) is 16.4. The molecule has 1 aromatic rings. The topological polar surface area (TPSA) is 51.1 Å². The maximum atomic E-state index is 12.9. The Morgan fingerprint density at radius 2 is 1.85 bits per heavy atom. The number of ether oxygens (including phenoxy) is 2. The van der Waals surface area contributed by atoms with Crippen LogP contribution in [-0.4, -0.2) is 41.3 Å². The average Bonchev–Trinajstić information content (AvgIpc) is 2.85. The van der Waals surface area contributed by atoms with Gasteiger partial charge in [-0.2, -0.15) is 0 Å². The first-order chi connectivity index (χ1) is 12.4. The fourth-order valence-electron chi connectivity index (χ4n) is 2.56. The first-order valence-electron chi connectivity index (χ1n) is 9.07. The lowest BCUT2D eigenvalue weighted by Crippen LogP contribution is -2.35. The highest BCUT2D eigenvalue weighted by atomic mass is 32.2. The van der Waals surface area contributed by atoms with Gasteiger partial charge in [0.05, 0.1) is 18.1 Å². The Bertz CT molecular complexity index is 711. The van der Waals surface area contributed by atoms with Crippen molar-refractivity contribution in [2.45, 2.75) is 53.6 Å². The van der Waals surface area contributed by atoms with Crippen molar-refractivity contribution in [2.75, 3.05) is 13.2 Å². The Hall–Kier alpha value is -1.95. The molecule has 0 N–H and O–H groups in total. The number of rotatable bonds is 7. The SMILES string of the molecule is CCOc1ccc(/C=C2/SC(=NC(C)C)N(C(C)C)C2=O)c(OCC)c1. The van der Waals surface area contributed by atoms with Gasteiger partial charge in [-0.1, -0.05) is 0 Å². The van der Waals surface area contributed by atoms with E-state index in [0.717, 1.165) is 16.5 Å². The minimum absolute atomic E-state index is 0.0132. The quantitative estimate of drug-likeness (QED) is 0.654. The highest BCUT2D eigenvalue weighted by Crippen LogP contribution is 2.36. The lowest BCUT2D eigenvalue weighted by molar-refractivity contribution is -0.123. The largest absolute Gasteiger partial charge is 0.494 e. The summed E-state index contributed by atoms with van der Waals surface area (Å²) in [6.45, 7) is 13.0. The van der Waals surface area contributed by atoms with Crippen molar-refractivity contribution in [3.05, 3.63) is 28.7 Å². The number of amidine groups is 1. The summed E-state index contributed by atoms with van der Waals surface area (Å²) in [6.07, 6.45) is 1.88. The zero-order valence-corrected chi connectivity index (χ0v) is 17.2. The fraction of sp³-hybridized carbons (Fsp3) is 0.500. The van der Waals surface area contributed by atoms with Crippen molar-refractivity contribution < 1.29 is 14.3 Å². The monoisotopic (exact) mass is 376 g/mol. The fourth-order valence-corrected chi connectivity index (χ4v) is 3.79. The number of benzene rings is 1. The van der Waals surface area contributed by atoms with Crippen molar-refractivity contribution >= 4 is 28.9 Å². The second-order valence-electron chi connectivity index (χ2n) is 6.45. The van der Waals surface area contributed by atoms with Crippen LogP contribution in [0.1, 0.15) is 47.1 Å². The van der Waals surface area contributed by atoms with Crippen LogP contribution in [0.4, 0.5) is 0 Å². The van der Waals surface area contributed by atoms with Crippen LogP contribution in [0.3, 0.4) is 0 Å². The Labute approximate surface area is 160 Å². The van der Waals surface area contributed by atoms with Crippen molar-refractivity contribution in [2.24, 2.45) is 4.99 Å². The number of carbonyl (C=O) groups excluding carboxylic acids is 1. The standard InChI is InChI=1S/C20H28N2O3S/c1-7-24-16-10-9-15(17(12-16)25-8-2)11-18-19(23)22(14(5)6)20(26-18)21-13(3)4/h9-14H,7-8H2,1-6H3/b18-11+,21-20?. The van der Waals surface area contributed by atoms with Gasteiger partial charge in [0.25, 0.3) is 5.91 Å². The van der Waals surface area contributed by atoms with E-state index in [1.165, 1.54) is 11.8 Å². The van der Waals surface area contributed by atoms with Crippen LogP contribution in [0, 0.1) is 0 Å². The molecule has 6 heteroatoms. The third kappa shape index (κ3) is 4.81. The highest BCUT2D eigenvalue weighted by molar-refractivity contribution is 8.18. The number of nitrogens with zero attached hydrogens (tertiary/aromatic N) is 2. The van der Waals surface area contributed by atoms with Crippen LogP contribution in [-0.2, 0) is 4.79 Å². The summed E-state index contributed by atoms with van der Waals surface area (Å²) in [5.74, 6) is 1.46. The predicted octanol–water partition coefficient (Wildman–Crippen LogP) is 4.57. The molecule has 0 aromatic heterocycles. The van der Waals surface area contributed by atoms with Gasteiger partial charge in [0.1, 0.15) is 11.5 Å². The maximum Gasteiger partial charge on any atom is 0.266 e. The van der Waals surface area contributed by atoms with Crippen LogP contribution in [0.2, 0.25) is 0 Å². The molecule has 1 aliphatic heterocycles. The summed E-state index contributed by atoms with van der Waals surface area (Å²) in [5.41, 5.74) is 0.862. The first-order valence-corrected chi connectivity index (χ1v) is 9.89. The first kappa shape index (κ1) is 20.4. The van der Waals surface area contributed by atoms with Gasteiger partial charge in [0.15, 0.2) is 5.17 Å². The van der Waals surface area contributed by atoms with E-state index < -0.39 is 0 Å². The lowest BCUT2D eigenvalue weighted by Gasteiger charge is -2.20. The summed E-state index contributed by atoms with van der Waals surface area (Å²) in [6, 6.07) is 5.88. The van der Waals surface area contributed by atoms with Gasteiger partial charge < -0.3 is 9.47 Å². The number of aliphatic imine (C=N–C) groups is 1. The lowest BCUT2D eigenvalue weighted by atomic mass is 10.1. The van der Waals surface area contributed by atoms with Crippen LogP contribution < -0.4 is 9.47 Å². The molecule has 0 atom stereocenters. The van der Waals surface area contributed by atoms with Gasteiger partial charge in [-0.05, 0) is 71.5 Å². The summed E-state index contributed by atoms with van der Waals surface area (Å²) in [5, 5.41) is 0.759. The molecule has 0 spiro atoms. The van der Waals surface area contributed by atoms with E-state index in [1.807, 2.05) is 65.8 Å². The molecule has 26 heavy (non-hydrogen) atoms. The molecule has 0 saturated carbocycles. The molecule has 0 radical (unpaired) electrons. The molecule has 1 heterocycles. The molecule has 0 unspecified atom stereocenters.